The minimum absolute atomic E-state index is 0.151. The molecule has 0 saturated heterocycles. The van der Waals surface area contributed by atoms with Gasteiger partial charge in [0, 0.05) is 6.61 Å². The maximum atomic E-state index is 11.1. The molecule has 1 rings (SSSR count). The Morgan fingerprint density at radius 3 is 3.00 bits per heavy atom. The van der Waals surface area contributed by atoms with E-state index < -0.39 is 0 Å². The fraction of sp³-hybridized carbons (Fsp3) is 0.308. The molecule has 1 N–H and O–H groups in total. The third kappa shape index (κ3) is 4.28. The molecule has 0 fully saturated rings. The summed E-state index contributed by atoms with van der Waals surface area (Å²) in [6.45, 7) is 0.151. The highest BCUT2D eigenvalue weighted by Crippen LogP contribution is 2.08. The van der Waals surface area contributed by atoms with Gasteiger partial charge in [-0.25, -0.2) is 0 Å². The zero-order chi connectivity index (χ0) is 11.8. The number of carbonyl (C=O) groups is 1. The number of ether oxygens (including phenoxy) is 1. The molecule has 0 aliphatic heterocycles. The molecule has 0 amide bonds. The number of esters is 1. The molecule has 0 spiro atoms. The molecule has 1 aromatic carbocycles. The van der Waals surface area contributed by atoms with Crippen LogP contribution >= 0.6 is 0 Å². The summed E-state index contributed by atoms with van der Waals surface area (Å²) >= 11 is 0. The Balaban J connectivity index is 2.67. The predicted octanol–water partition coefficient (Wildman–Crippen LogP) is 1.80. The molecule has 16 heavy (non-hydrogen) atoms. The molecule has 3 heteroatoms. The van der Waals surface area contributed by atoms with Crippen LogP contribution in [-0.4, -0.2) is 24.8 Å². The fourth-order valence-corrected chi connectivity index (χ4v) is 1.34. The Morgan fingerprint density at radius 2 is 2.31 bits per heavy atom. The van der Waals surface area contributed by atoms with Crippen LogP contribution in [0.5, 0.6) is 0 Å². The lowest BCUT2D eigenvalue weighted by atomic mass is 10.1. The molecule has 0 bridgehead atoms. The molecule has 0 aliphatic rings. The van der Waals surface area contributed by atoms with E-state index in [-0.39, 0.29) is 19.0 Å². The zero-order valence-corrected chi connectivity index (χ0v) is 9.35. The van der Waals surface area contributed by atoms with Crippen molar-refractivity contribution in [2.75, 3.05) is 13.7 Å². The van der Waals surface area contributed by atoms with Crippen LogP contribution in [0.25, 0.3) is 6.08 Å². The van der Waals surface area contributed by atoms with Gasteiger partial charge in [0.05, 0.1) is 13.5 Å². The highest BCUT2D eigenvalue weighted by molar-refractivity contribution is 5.72. The Bertz CT molecular complexity index is 369. The summed E-state index contributed by atoms with van der Waals surface area (Å²) in [6, 6.07) is 7.68. The van der Waals surface area contributed by atoms with Gasteiger partial charge >= 0.3 is 5.97 Å². The monoisotopic (exact) mass is 220 g/mol. The first kappa shape index (κ1) is 12.5. The normalized spacial score (nSPS) is 10.6. The standard InChI is InChI=1S/C13H16O3/c1-16-13(15)10-12-7-4-6-11(9-12)5-2-3-8-14/h2,4-7,9,14H,3,8,10H2,1H3. The zero-order valence-electron chi connectivity index (χ0n) is 9.35. The van der Waals surface area contributed by atoms with E-state index in [0.717, 1.165) is 11.1 Å². The van der Waals surface area contributed by atoms with Crippen molar-refractivity contribution in [3.8, 4) is 0 Å². The summed E-state index contributed by atoms with van der Waals surface area (Å²) in [5.41, 5.74) is 1.95. The van der Waals surface area contributed by atoms with Crippen molar-refractivity contribution in [2.45, 2.75) is 12.8 Å². The summed E-state index contributed by atoms with van der Waals surface area (Å²) in [5, 5.41) is 8.64. The molecular formula is C13H16O3. The number of rotatable bonds is 5. The first-order valence-corrected chi connectivity index (χ1v) is 5.19. The van der Waals surface area contributed by atoms with E-state index in [0.29, 0.717) is 6.42 Å². The van der Waals surface area contributed by atoms with Gasteiger partial charge in [0.2, 0.25) is 0 Å². The van der Waals surface area contributed by atoms with Crippen LogP contribution < -0.4 is 0 Å². The SMILES string of the molecule is COC(=O)Cc1cccc(C=CCCO)c1. The summed E-state index contributed by atoms with van der Waals surface area (Å²) < 4.78 is 4.60. The van der Waals surface area contributed by atoms with Crippen molar-refractivity contribution in [1.82, 2.24) is 0 Å². The fourth-order valence-electron chi connectivity index (χ4n) is 1.34. The lowest BCUT2D eigenvalue weighted by Crippen LogP contribution is -2.04. The van der Waals surface area contributed by atoms with Gasteiger partial charge in [-0.2, -0.15) is 0 Å². The lowest BCUT2D eigenvalue weighted by Gasteiger charge is -2.01. The van der Waals surface area contributed by atoms with Crippen molar-refractivity contribution in [2.24, 2.45) is 0 Å². The molecule has 0 aliphatic carbocycles. The van der Waals surface area contributed by atoms with Gasteiger partial charge in [-0.3, -0.25) is 4.79 Å². The van der Waals surface area contributed by atoms with E-state index in [1.165, 1.54) is 7.11 Å². The number of methoxy groups -OCH3 is 1. The number of benzene rings is 1. The molecule has 0 saturated carbocycles. The molecule has 0 radical (unpaired) electrons. The van der Waals surface area contributed by atoms with Crippen LogP contribution in [0.3, 0.4) is 0 Å². The van der Waals surface area contributed by atoms with Crippen molar-refractivity contribution in [3.63, 3.8) is 0 Å². The average molecular weight is 220 g/mol. The van der Waals surface area contributed by atoms with Crippen molar-refractivity contribution < 1.29 is 14.6 Å². The van der Waals surface area contributed by atoms with E-state index >= 15 is 0 Å². The van der Waals surface area contributed by atoms with E-state index in [2.05, 4.69) is 4.74 Å². The average Bonchev–Trinajstić information content (AvgIpc) is 2.30. The van der Waals surface area contributed by atoms with Gasteiger partial charge in [0.1, 0.15) is 0 Å². The number of aliphatic hydroxyl groups excluding tert-OH is 1. The Morgan fingerprint density at radius 1 is 1.50 bits per heavy atom. The molecule has 3 nitrogen and oxygen atoms in total. The summed E-state index contributed by atoms with van der Waals surface area (Å²) in [5.74, 6) is -0.239. The Labute approximate surface area is 95.4 Å². The van der Waals surface area contributed by atoms with Gasteiger partial charge in [0.25, 0.3) is 0 Å². The van der Waals surface area contributed by atoms with Crippen molar-refractivity contribution >= 4 is 12.0 Å². The van der Waals surface area contributed by atoms with Crippen molar-refractivity contribution in [3.05, 3.63) is 41.5 Å². The van der Waals surface area contributed by atoms with Crippen LogP contribution in [-0.2, 0) is 16.0 Å². The topological polar surface area (TPSA) is 46.5 Å². The summed E-state index contributed by atoms with van der Waals surface area (Å²) in [4.78, 5) is 11.1. The second-order valence-corrected chi connectivity index (χ2v) is 3.41. The molecular weight excluding hydrogens is 204 g/mol. The van der Waals surface area contributed by atoms with Gasteiger partial charge in [0.15, 0.2) is 0 Å². The van der Waals surface area contributed by atoms with E-state index in [4.69, 9.17) is 5.11 Å². The number of hydrogen-bond acceptors (Lipinski definition) is 3. The van der Waals surface area contributed by atoms with E-state index in [1.54, 1.807) is 0 Å². The third-order valence-electron chi connectivity index (χ3n) is 2.13. The first-order valence-electron chi connectivity index (χ1n) is 5.19. The number of carbonyl (C=O) groups excluding carboxylic acids is 1. The highest BCUT2D eigenvalue weighted by Gasteiger charge is 2.02. The van der Waals surface area contributed by atoms with Crippen LogP contribution in [0, 0.1) is 0 Å². The summed E-state index contributed by atoms with van der Waals surface area (Å²) in [7, 11) is 1.38. The Kier molecular flexibility index (Phi) is 5.29. The summed E-state index contributed by atoms with van der Waals surface area (Å²) in [6.07, 6.45) is 4.76. The largest absolute Gasteiger partial charge is 0.469 e. The third-order valence-corrected chi connectivity index (χ3v) is 2.13. The Hall–Kier alpha value is -1.61. The van der Waals surface area contributed by atoms with Gasteiger partial charge in [-0.1, -0.05) is 36.4 Å². The van der Waals surface area contributed by atoms with Crippen LogP contribution in [0.1, 0.15) is 17.5 Å². The molecule has 0 unspecified atom stereocenters. The van der Waals surface area contributed by atoms with E-state index in [1.807, 2.05) is 36.4 Å². The minimum Gasteiger partial charge on any atom is -0.469 e. The number of hydrogen-bond donors (Lipinski definition) is 1. The lowest BCUT2D eigenvalue weighted by molar-refractivity contribution is -0.139. The van der Waals surface area contributed by atoms with Crippen LogP contribution in [0.2, 0.25) is 0 Å². The molecule has 1 aromatic rings. The number of aliphatic hydroxyl groups is 1. The molecule has 0 aromatic heterocycles. The minimum atomic E-state index is -0.239. The van der Waals surface area contributed by atoms with E-state index in [9.17, 15) is 4.79 Å². The van der Waals surface area contributed by atoms with Gasteiger partial charge in [-0.05, 0) is 17.5 Å². The second kappa shape index (κ2) is 6.80. The maximum absolute atomic E-state index is 11.1. The second-order valence-electron chi connectivity index (χ2n) is 3.41. The maximum Gasteiger partial charge on any atom is 0.309 e. The molecule has 86 valence electrons. The first-order chi connectivity index (χ1) is 7.76. The quantitative estimate of drug-likeness (QED) is 0.770. The molecule has 0 atom stereocenters. The highest BCUT2D eigenvalue weighted by atomic mass is 16.5. The van der Waals surface area contributed by atoms with Gasteiger partial charge < -0.3 is 9.84 Å². The smallest absolute Gasteiger partial charge is 0.309 e. The van der Waals surface area contributed by atoms with Crippen molar-refractivity contribution in [1.29, 1.82) is 0 Å². The predicted molar refractivity (Wildman–Crippen MR) is 62.9 cm³/mol. The van der Waals surface area contributed by atoms with Gasteiger partial charge in [-0.15, -0.1) is 0 Å². The van der Waals surface area contributed by atoms with Crippen LogP contribution in [0.4, 0.5) is 0 Å². The van der Waals surface area contributed by atoms with Crippen LogP contribution in [0.15, 0.2) is 30.3 Å². The molecule has 0 heterocycles.